The van der Waals surface area contributed by atoms with Crippen LogP contribution in [0.1, 0.15) is 74.3 Å². The number of amides is 1. The minimum Gasteiger partial charge on any atom is -0.463 e. The molecule has 1 fully saturated rings. The van der Waals surface area contributed by atoms with Gasteiger partial charge in [-0.25, -0.2) is 4.79 Å². The predicted octanol–water partition coefficient (Wildman–Crippen LogP) is 6.06. The highest BCUT2D eigenvalue weighted by atomic mass is 16.7. The van der Waals surface area contributed by atoms with Gasteiger partial charge in [-0.1, -0.05) is 30.7 Å². The van der Waals surface area contributed by atoms with Gasteiger partial charge in [0.15, 0.2) is 0 Å². The van der Waals surface area contributed by atoms with E-state index in [0.717, 1.165) is 48.1 Å². The van der Waals surface area contributed by atoms with Gasteiger partial charge in [-0.2, -0.15) is 0 Å². The zero-order valence-electron chi connectivity index (χ0n) is 22.9. The molecule has 0 unspecified atom stereocenters. The number of cyclic esters (lactones) is 1. The number of non-ortho nitro benzene ring substituents is 1. The van der Waals surface area contributed by atoms with E-state index >= 15 is 0 Å². The van der Waals surface area contributed by atoms with E-state index in [9.17, 15) is 14.9 Å². The summed E-state index contributed by atoms with van der Waals surface area (Å²) >= 11 is 0. The molecule has 9 heteroatoms. The van der Waals surface area contributed by atoms with Crippen LogP contribution in [0.4, 0.5) is 10.5 Å². The molecule has 1 atom stereocenters. The fourth-order valence-electron chi connectivity index (χ4n) is 4.61. The predicted molar refractivity (Wildman–Crippen MR) is 145 cm³/mol. The number of ether oxygens (including phenoxy) is 4. The summed E-state index contributed by atoms with van der Waals surface area (Å²) in [6.07, 6.45) is 3.91. The van der Waals surface area contributed by atoms with Gasteiger partial charge in [0, 0.05) is 56.7 Å². The number of hydrogen-bond donors (Lipinski definition) is 0. The lowest BCUT2D eigenvalue weighted by molar-refractivity contribution is -0.384. The topological polar surface area (TPSA) is 100 Å². The zero-order valence-corrected chi connectivity index (χ0v) is 22.9. The summed E-state index contributed by atoms with van der Waals surface area (Å²) in [5, 5.41) is 11.0. The first-order chi connectivity index (χ1) is 18.7. The van der Waals surface area contributed by atoms with Gasteiger partial charge in [-0.05, 0) is 49.1 Å². The van der Waals surface area contributed by atoms with Crippen LogP contribution in [-0.2, 0) is 20.8 Å². The molecule has 0 N–H and O–H groups in total. The van der Waals surface area contributed by atoms with Gasteiger partial charge in [-0.3, -0.25) is 10.1 Å². The number of hydrogen-bond acceptors (Lipinski definition) is 7. The molecule has 0 aliphatic carbocycles. The molecule has 1 amide bonds. The van der Waals surface area contributed by atoms with E-state index in [1.54, 1.807) is 4.90 Å². The summed E-state index contributed by atoms with van der Waals surface area (Å²) in [6.45, 7) is 8.47. The van der Waals surface area contributed by atoms with Gasteiger partial charge in [0.2, 0.25) is 5.79 Å². The van der Waals surface area contributed by atoms with Crippen LogP contribution >= 0.6 is 0 Å². The van der Waals surface area contributed by atoms with Crippen LogP contribution in [0.15, 0.2) is 36.4 Å². The van der Waals surface area contributed by atoms with Crippen molar-refractivity contribution in [3.8, 4) is 17.6 Å². The number of rotatable bonds is 11. The van der Waals surface area contributed by atoms with Crippen molar-refractivity contribution < 1.29 is 28.7 Å². The number of nitro groups is 1. The normalized spacial score (nSPS) is 17.6. The molecule has 2 aromatic rings. The summed E-state index contributed by atoms with van der Waals surface area (Å²) in [5.74, 6) is 6.16. The van der Waals surface area contributed by atoms with Crippen molar-refractivity contribution in [3.05, 3.63) is 68.8 Å². The molecule has 2 aliphatic rings. The third kappa shape index (κ3) is 8.19. The average Bonchev–Trinajstić information content (AvgIpc) is 3.26. The first kappa shape index (κ1) is 28.4. The lowest BCUT2D eigenvalue weighted by Crippen LogP contribution is -2.35. The number of carbonyl (C=O) groups excluding carboxylic acids is 1. The number of fused-ring (bicyclic) bond motifs is 1. The van der Waals surface area contributed by atoms with E-state index in [4.69, 9.17) is 18.9 Å². The fourth-order valence-corrected chi connectivity index (χ4v) is 4.61. The molecule has 0 aromatic heterocycles. The maximum atomic E-state index is 12.4. The van der Waals surface area contributed by atoms with Crippen molar-refractivity contribution in [2.45, 2.75) is 71.4 Å². The Morgan fingerprint density at radius 3 is 2.77 bits per heavy atom. The molecule has 1 saturated heterocycles. The molecule has 0 spiro atoms. The molecule has 39 heavy (non-hydrogen) atoms. The van der Waals surface area contributed by atoms with Crippen LogP contribution in [0.2, 0.25) is 0 Å². The largest absolute Gasteiger partial charge is 0.463 e. The van der Waals surface area contributed by atoms with Gasteiger partial charge in [0.05, 0.1) is 24.7 Å². The minimum absolute atomic E-state index is 0.0572. The zero-order chi connectivity index (χ0) is 27.8. The van der Waals surface area contributed by atoms with Crippen LogP contribution in [0.5, 0.6) is 5.75 Å². The molecule has 208 valence electrons. The second kappa shape index (κ2) is 13.0. The van der Waals surface area contributed by atoms with E-state index in [0.29, 0.717) is 44.9 Å². The molecule has 0 radical (unpaired) electrons. The molecule has 9 nitrogen and oxygen atoms in total. The van der Waals surface area contributed by atoms with Crippen LogP contribution in [-0.4, -0.2) is 48.0 Å². The highest BCUT2D eigenvalue weighted by Gasteiger charge is 2.33. The van der Waals surface area contributed by atoms with Gasteiger partial charge in [0.1, 0.15) is 11.9 Å². The quantitative estimate of drug-likeness (QED) is 0.149. The molecular formula is C30H36N2O7. The van der Waals surface area contributed by atoms with Crippen molar-refractivity contribution in [3.63, 3.8) is 0 Å². The summed E-state index contributed by atoms with van der Waals surface area (Å²) < 4.78 is 22.9. The van der Waals surface area contributed by atoms with Crippen molar-refractivity contribution in [2.24, 2.45) is 0 Å². The molecule has 0 saturated carbocycles. The highest BCUT2D eigenvalue weighted by molar-refractivity contribution is 5.70. The maximum Gasteiger partial charge on any atom is 0.410 e. The van der Waals surface area contributed by atoms with Crippen LogP contribution in [0.25, 0.3) is 0 Å². The monoisotopic (exact) mass is 536 g/mol. The fraction of sp³-hybridized carbons (Fsp3) is 0.500. The Balaban J connectivity index is 1.08. The first-order valence-corrected chi connectivity index (χ1v) is 13.4. The SMILES string of the molecule is Cc1cc(C#CCCOCCCCCCN2C[C@@H](c3ccc4c(c3)COC(C)(C)O4)OC2=O)cc([N+](=O)[O-])c1. The van der Waals surface area contributed by atoms with E-state index in [2.05, 4.69) is 11.8 Å². The second-order valence-corrected chi connectivity index (χ2v) is 10.4. The number of unbranched alkanes of at least 4 members (excludes halogenated alkanes) is 3. The summed E-state index contributed by atoms with van der Waals surface area (Å²) in [5.41, 5.74) is 3.44. The average molecular weight is 537 g/mol. The number of nitrogens with zero attached hydrogens (tertiary/aromatic N) is 2. The number of carbonyl (C=O) groups is 1. The Kier molecular flexibility index (Phi) is 9.44. The summed E-state index contributed by atoms with van der Waals surface area (Å²) in [6, 6.07) is 10.8. The number of benzene rings is 2. The van der Waals surface area contributed by atoms with E-state index in [1.165, 1.54) is 12.1 Å². The van der Waals surface area contributed by atoms with Crippen molar-refractivity contribution in [2.75, 3.05) is 26.3 Å². The lowest BCUT2D eigenvalue weighted by atomic mass is 10.0. The first-order valence-electron chi connectivity index (χ1n) is 13.4. The third-order valence-corrected chi connectivity index (χ3v) is 6.62. The Labute approximate surface area is 229 Å². The Morgan fingerprint density at radius 1 is 1.13 bits per heavy atom. The molecule has 2 heterocycles. The molecule has 2 aromatic carbocycles. The van der Waals surface area contributed by atoms with Crippen molar-refractivity contribution in [1.82, 2.24) is 4.90 Å². The van der Waals surface area contributed by atoms with Crippen molar-refractivity contribution in [1.29, 1.82) is 0 Å². The Bertz CT molecular complexity index is 1250. The molecule has 0 bridgehead atoms. The summed E-state index contributed by atoms with van der Waals surface area (Å²) in [4.78, 5) is 24.7. The summed E-state index contributed by atoms with van der Waals surface area (Å²) in [7, 11) is 0. The highest BCUT2D eigenvalue weighted by Crippen LogP contribution is 2.35. The lowest BCUT2D eigenvalue weighted by Gasteiger charge is -2.32. The van der Waals surface area contributed by atoms with E-state index in [1.807, 2.05) is 45.0 Å². The third-order valence-electron chi connectivity index (χ3n) is 6.62. The van der Waals surface area contributed by atoms with Crippen LogP contribution < -0.4 is 4.74 Å². The van der Waals surface area contributed by atoms with Gasteiger partial charge in [0.25, 0.3) is 5.69 Å². The van der Waals surface area contributed by atoms with Crippen LogP contribution in [0, 0.1) is 28.9 Å². The van der Waals surface area contributed by atoms with E-state index < -0.39 is 10.7 Å². The second-order valence-electron chi connectivity index (χ2n) is 10.4. The number of aryl methyl sites for hydroxylation is 1. The number of nitro benzene ring substituents is 1. The van der Waals surface area contributed by atoms with Crippen LogP contribution in [0.3, 0.4) is 0 Å². The molecular weight excluding hydrogens is 500 g/mol. The van der Waals surface area contributed by atoms with Gasteiger partial charge in [-0.15, -0.1) is 0 Å². The molecule has 4 rings (SSSR count). The molecule has 2 aliphatic heterocycles. The minimum atomic E-state index is -0.636. The standard InChI is InChI=1S/C30H36N2O7/c1-22-16-23(18-26(17-22)32(34)35)10-6-9-15-36-14-8-5-4-7-13-31-20-28(38-29(31)33)24-11-12-27-25(19-24)21-37-30(2,3)39-27/h11-12,16-19,28H,4-5,7-9,13-15,20-21H2,1-3H3/t28-/m0/s1. The smallest absolute Gasteiger partial charge is 0.410 e. The Hall–Kier alpha value is -3.61. The van der Waals surface area contributed by atoms with Gasteiger partial charge < -0.3 is 23.8 Å². The van der Waals surface area contributed by atoms with Crippen molar-refractivity contribution >= 4 is 11.8 Å². The maximum absolute atomic E-state index is 12.4. The van der Waals surface area contributed by atoms with E-state index in [-0.39, 0.29) is 17.9 Å². The Morgan fingerprint density at radius 2 is 1.95 bits per heavy atom. The van der Waals surface area contributed by atoms with Gasteiger partial charge >= 0.3 is 6.09 Å².